The fourth-order valence-electron chi connectivity index (χ4n) is 1.44. The lowest BCUT2D eigenvalue weighted by Gasteiger charge is -2.14. The molecule has 0 aromatic carbocycles. The molecule has 0 unspecified atom stereocenters. The van der Waals surface area contributed by atoms with Crippen LogP contribution < -0.4 is 16.4 Å². The number of nitrogens with zero attached hydrogens (tertiary/aromatic N) is 1. The summed E-state index contributed by atoms with van der Waals surface area (Å²) in [6.45, 7) is 7.41. The minimum absolute atomic E-state index is 0.0244. The Bertz CT molecular complexity index is 462. The molecule has 20 heavy (non-hydrogen) atoms. The van der Waals surface area contributed by atoms with E-state index in [9.17, 15) is 9.59 Å². The molecule has 0 aliphatic carbocycles. The van der Waals surface area contributed by atoms with Gasteiger partial charge in [0, 0.05) is 0 Å². The standard InChI is InChI=1S/C13H22N4O3/c1-7(2)12(14)13(19)16-5-10(18)15-6-11-17-8(3)9(4)20-11/h7,12H,5-6,14H2,1-4H3,(H,15,18)(H,16,19)/t12-/m0/s1. The second kappa shape index (κ2) is 7.04. The molecule has 0 saturated carbocycles. The van der Waals surface area contributed by atoms with Crippen molar-refractivity contribution >= 4 is 11.8 Å². The lowest BCUT2D eigenvalue weighted by molar-refractivity contribution is -0.127. The van der Waals surface area contributed by atoms with E-state index >= 15 is 0 Å². The molecule has 1 atom stereocenters. The van der Waals surface area contributed by atoms with Gasteiger partial charge in [0.1, 0.15) is 5.76 Å². The maximum absolute atomic E-state index is 11.6. The van der Waals surface area contributed by atoms with Gasteiger partial charge >= 0.3 is 0 Å². The number of nitrogens with one attached hydrogen (secondary N) is 2. The molecule has 7 heteroatoms. The highest BCUT2D eigenvalue weighted by molar-refractivity contribution is 5.87. The van der Waals surface area contributed by atoms with Crippen LogP contribution in [0.1, 0.15) is 31.2 Å². The Hall–Kier alpha value is -1.89. The van der Waals surface area contributed by atoms with E-state index in [1.807, 2.05) is 20.8 Å². The van der Waals surface area contributed by atoms with Gasteiger partial charge in [0.2, 0.25) is 17.7 Å². The number of carbonyl (C=O) groups excluding carboxylic acids is 2. The molecule has 0 fully saturated rings. The highest BCUT2D eigenvalue weighted by Crippen LogP contribution is 2.07. The van der Waals surface area contributed by atoms with Gasteiger partial charge < -0.3 is 20.8 Å². The van der Waals surface area contributed by atoms with Crippen molar-refractivity contribution in [1.82, 2.24) is 15.6 Å². The third-order valence-electron chi connectivity index (χ3n) is 2.95. The van der Waals surface area contributed by atoms with E-state index in [4.69, 9.17) is 10.2 Å². The molecule has 1 rings (SSSR count). The first kappa shape index (κ1) is 16.2. The lowest BCUT2D eigenvalue weighted by Crippen LogP contribution is -2.47. The van der Waals surface area contributed by atoms with E-state index in [1.165, 1.54) is 0 Å². The van der Waals surface area contributed by atoms with Crippen LogP contribution in [0.4, 0.5) is 0 Å². The highest BCUT2D eigenvalue weighted by Gasteiger charge is 2.17. The number of oxazole rings is 1. The van der Waals surface area contributed by atoms with Crippen molar-refractivity contribution in [3.63, 3.8) is 0 Å². The molecule has 1 heterocycles. The molecular formula is C13H22N4O3. The quantitative estimate of drug-likeness (QED) is 0.680. The van der Waals surface area contributed by atoms with Crippen molar-refractivity contribution < 1.29 is 14.0 Å². The molecule has 2 amide bonds. The van der Waals surface area contributed by atoms with Gasteiger partial charge in [-0.2, -0.15) is 0 Å². The van der Waals surface area contributed by atoms with Crippen LogP contribution in [0.15, 0.2) is 4.42 Å². The largest absolute Gasteiger partial charge is 0.444 e. The van der Waals surface area contributed by atoms with Crippen molar-refractivity contribution in [1.29, 1.82) is 0 Å². The Balaban J connectivity index is 2.32. The Labute approximate surface area is 118 Å². The fraction of sp³-hybridized carbons (Fsp3) is 0.615. The molecule has 7 nitrogen and oxygen atoms in total. The van der Waals surface area contributed by atoms with E-state index in [0.29, 0.717) is 5.89 Å². The van der Waals surface area contributed by atoms with Crippen LogP contribution in [0, 0.1) is 19.8 Å². The van der Waals surface area contributed by atoms with E-state index in [0.717, 1.165) is 11.5 Å². The molecule has 0 aliphatic heterocycles. The van der Waals surface area contributed by atoms with Crippen molar-refractivity contribution in [3.05, 3.63) is 17.3 Å². The predicted molar refractivity (Wildman–Crippen MR) is 73.6 cm³/mol. The summed E-state index contributed by atoms with van der Waals surface area (Å²) in [7, 11) is 0. The van der Waals surface area contributed by atoms with Crippen LogP contribution in [-0.2, 0) is 16.1 Å². The predicted octanol–water partition coefficient (Wildman–Crippen LogP) is 0.00714. The van der Waals surface area contributed by atoms with E-state index in [1.54, 1.807) is 6.92 Å². The van der Waals surface area contributed by atoms with Crippen LogP contribution in [0.25, 0.3) is 0 Å². The zero-order valence-electron chi connectivity index (χ0n) is 12.3. The van der Waals surface area contributed by atoms with E-state index < -0.39 is 6.04 Å². The first-order valence-electron chi connectivity index (χ1n) is 6.54. The van der Waals surface area contributed by atoms with Gasteiger partial charge in [-0.25, -0.2) is 4.98 Å². The summed E-state index contributed by atoms with van der Waals surface area (Å²) in [6, 6.07) is -0.611. The summed E-state index contributed by atoms with van der Waals surface area (Å²) in [5, 5.41) is 5.10. The Kier molecular flexibility index (Phi) is 5.69. The van der Waals surface area contributed by atoms with Crippen molar-refractivity contribution in [3.8, 4) is 0 Å². The van der Waals surface area contributed by atoms with Gasteiger partial charge in [0.25, 0.3) is 0 Å². The monoisotopic (exact) mass is 282 g/mol. The number of carbonyl (C=O) groups is 2. The molecule has 0 spiro atoms. The number of rotatable bonds is 6. The molecule has 1 aromatic rings. The maximum Gasteiger partial charge on any atom is 0.239 e. The fourth-order valence-corrected chi connectivity index (χ4v) is 1.44. The van der Waals surface area contributed by atoms with Gasteiger partial charge in [-0.3, -0.25) is 9.59 Å². The lowest BCUT2D eigenvalue weighted by atomic mass is 10.1. The number of hydrogen-bond donors (Lipinski definition) is 3. The molecule has 1 aromatic heterocycles. The molecule has 0 aliphatic rings. The third-order valence-corrected chi connectivity index (χ3v) is 2.95. The number of aryl methyl sites for hydroxylation is 2. The average Bonchev–Trinajstić information content (AvgIpc) is 2.71. The first-order valence-corrected chi connectivity index (χ1v) is 6.54. The summed E-state index contributed by atoms with van der Waals surface area (Å²) in [6.07, 6.45) is 0. The van der Waals surface area contributed by atoms with Crippen LogP contribution in [0.5, 0.6) is 0 Å². The number of nitrogens with two attached hydrogens (primary N) is 1. The van der Waals surface area contributed by atoms with Crippen LogP contribution >= 0.6 is 0 Å². The molecule has 0 saturated heterocycles. The number of aromatic nitrogens is 1. The molecule has 4 N–H and O–H groups in total. The molecule has 0 radical (unpaired) electrons. The maximum atomic E-state index is 11.6. The SMILES string of the molecule is Cc1nc(CNC(=O)CNC(=O)[C@@H](N)C(C)C)oc1C. The summed E-state index contributed by atoms with van der Waals surface area (Å²) < 4.78 is 5.33. The summed E-state index contributed by atoms with van der Waals surface area (Å²) >= 11 is 0. The third kappa shape index (κ3) is 4.65. The zero-order chi connectivity index (χ0) is 15.3. The summed E-state index contributed by atoms with van der Waals surface area (Å²) in [5.41, 5.74) is 6.46. The summed E-state index contributed by atoms with van der Waals surface area (Å²) in [4.78, 5) is 27.3. The minimum atomic E-state index is -0.611. The van der Waals surface area contributed by atoms with Gasteiger partial charge in [0.05, 0.1) is 24.8 Å². The normalized spacial score (nSPS) is 12.3. The van der Waals surface area contributed by atoms with Crippen molar-refractivity contribution in [2.75, 3.05) is 6.54 Å². The molecule has 112 valence electrons. The zero-order valence-corrected chi connectivity index (χ0v) is 12.3. The second-order valence-corrected chi connectivity index (χ2v) is 5.01. The number of hydrogen-bond acceptors (Lipinski definition) is 5. The Morgan fingerprint density at radius 3 is 2.45 bits per heavy atom. The Morgan fingerprint density at radius 2 is 1.95 bits per heavy atom. The van der Waals surface area contributed by atoms with E-state index in [-0.39, 0.29) is 30.8 Å². The first-order chi connectivity index (χ1) is 9.31. The van der Waals surface area contributed by atoms with Crippen LogP contribution in [-0.4, -0.2) is 29.4 Å². The second-order valence-electron chi connectivity index (χ2n) is 5.01. The van der Waals surface area contributed by atoms with Crippen LogP contribution in [0.3, 0.4) is 0 Å². The van der Waals surface area contributed by atoms with Crippen molar-refractivity contribution in [2.45, 2.75) is 40.3 Å². The molecular weight excluding hydrogens is 260 g/mol. The molecule has 0 bridgehead atoms. The van der Waals surface area contributed by atoms with Gasteiger partial charge in [0.15, 0.2) is 0 Å². The smallest absolute Gasteiger partial charge is 0.239 e. The summed E-state index contributed by atoms with van der Waals surface area (Å²) in [5.74, 6) is 0.543. The minimum Gasteiger partial charge on any atom is -0.444 e. The highest BCUT2D eigenvalue weighted by atomic mass is 16.4. The van der Waals surface area contributed by atoms with E-state index in [2.05, 4.69) is 15.6 Å². The van der Waals surface area contributed by atoms with Crippen molar-refractivity contribution in [2.24, 2.45) is 11.7 Å². The van der Waals surface area contributed by atoms with Gasteiger partial charge in [-0.1, -0.05) is 13.8 Å². The topological polar surface area (TPSA) is 110 Å². The van der Waals surface area contributed by atoms with Crippen LogP contribution in [0.2, 0.25) is 0 Å². The average molecular weight is 282 g/mol. The number of amides is 2. The van der Waals surface area contributed by atoms with Gasteiger partial charge in [-0.15, -0.1) is 0 Å². The van der Waals surface area contributed by atoms with Gasteiger partial charge in [-0.05, 0) is 19.8 Å². The Morgan fingerprint density at radius 1 is 1.30 bits per heavy atom.